The molecule has 1 aromatic carbocycles. The first kappa shape index (κ1) is 24.7. The summed E-state index contributed by atoms with van der Waals surface area (Å²) in [4.78, 5) is 4.71. The summed E-state index contributed by atoms with van der Waals surface area (Å²) in [5.74, 6) is 2.45. The van der Waals surface area contributed by atoms with E-state index < -0.39 is 0 Å². The molecule has 2 N–H and O–H groups in total. The predicted octanol–water partition coefficient (Wildman–Crippen LogP) is 4.01. The monoisotopic (exact) mass is 527 g/mol. The van der Waals surface area contributed by atoms with Gasteiger partial charge in [0.2, 0.25) is 0 Å². The zero-order valence-corrected chi connectivity index (χ0v) is 19.9. The minimum absolute atomic E-state index is 0. The Morgan fingerprint density at radius 1 is 1.03 bits per heavy atom. The Morgan fingerprint density at radius 3 is 2.60 bits per heavy atom. The number of furan rings is 1. The number of aliphatic imine (C=N–C) groups is 1. The van der Waals surface area contributed by atoms with Crippen LogP contribution in [0.2, 0.25) is 0 Å². The van der Waals surface area contributed by atoms with Crippen molar-refractivity contribution in [1.82, 2.24) is 10.6 Å². The van der Waals surface area contributed by atoms with Crippen molar-refractivity contribution in [3.8, 4) is 0 Å². The Bertz CT molecular complexity index is 689. The number of halogens is 1. The smallest absolute Gasteiger partial charge is 0.191 e. The van der Waals surface area contributed by atoms with Crippen LogP contribution in [0.1, 0.15) is 30.6 Å². The predicted molar refractivity (Wildman–Crippen MR) is 130 cm³/mol. The number of nitrogens with zero attached hydrogens (tertiary/aromatic N) is 1. The first-order valence-corrected chi connectivity index (χ1v) is 10.6. The molecule has 0 aliphatic carbocycles. The molecule has 0 radical (unpaired) electrons. The van der Waals surface area contributed by atoms with E-state index in [1.807, 2.05) is 30.3 Å². The zero-order valence-electron chi connectivity index (χ0n) is 17.6. The SMILES string of the molecule is I.c1ccc(CN=C(NCCCOCC2CCOCC2)NCCc2ccco2)cc1. The van der Waals surface area contributed by atoms with Gasteiger partial charge >= 0.3 is 0 Å². The maximum absolute atomic E-state index is 5.85. The Hall–Kier alpha value is -1.58. The molecule has 0 amide bonds. The van der Waals surface area contributed by atoms with Gasteiger partial charge in [0.1, 0.15) is 5.76 Å². The molecule has 1 fully saturated rings. The highest BCUT2D eigenvalue weighted by Crippen LogP contribution is 2.14. The third-order valence-corrected chi connectivity index (χ3v) is 4.96. The molecular formula is C23H34IN3O3. The molecule has 6 nitrogen and oxygen atoms in total. The largest absolute Gasteiger partial charge is 0.469 e. The molecule has 2 aromatic rings. The maximum Gasteiger partial charge on any atom is 0.191 e. The third kappa shape index (κ3) is 9.95. The lowest BCUT2D eigenvalue weighted by Crippen LogP contribution is -2.39. The summed E-state index contributed by atoms with van der Waals surface area (Å²) in [5, 5.41) is 6.81. The fraction of sp³-hybridized carbons (Fsp3) is 0.522. The van der Waals surface area contributed by atoms with Crippen LogP contribution < -0.4 is 10.6 Å². The molecule has 1 aliphatic heterocycles. The molecule has 2 heterocycles. The van der Waals surface area contributed by atoms with Crippen LogP contribution in [0.25, 0.3) is 0 Å². The summed E-state index contributed by atoms with van der Waals surface area (Å²) in [6.07, 6.45) is 5.72. The molecule has 1 aromatic heterocycles. The second kappa shape index (κ2) is 15.3. The van der Waals surface area contributed by atoms with Gasteiger partial charge in [-0.05, 0) is 42.9 Å². The minimum Gasteiger partial charge on any atom is -0.469 e. The van der Waals surface area contributed by atoms with Crippen molar-refractivity contribution in [3.63, 3.8) is 0 Å². The summed E-state index contributed by atoms with van der Waals surface area (Å²) >= 11 is 0. The van der Waals surface area contributed by atoms with E-state index in [1.54, 1.807) is 6.26 Å². The Kier molecular flexibility index (Phi) is 12.6. The summed E-state index contributed by atoms with van der Waals surface area (Å²) < 4.78 is 16.6. The van der Waals surface area contributed by atoms with Gasteiger partial charge < -0.3 is 24.5 Å². The van der Waals surface area contributed by atoms with Gasteiger partial charge in [0.15, 0.2) is 5.96 Å². The van der Waals surface area contributed by atoms with E-state index in [4.69, 9.17) is 18.9 Å². The van der Waals surface area contributed by atoms with Crippen molar-refractivity contribution in [2.24, 2.45) is 10.9 Å². The number of benzene rings is 1. The van der Waals surface area contributed by atoms with Gasteiger partial charge in [-0.1, -0.05) is 30.3 Å². The molecule has 30 heavy (non-hydrogen) atoms. The highest BCUT2D eigenvalue weighted by atomic mass is 127. The summed E-state index contributed by atoms with van der Waals surface area (Å²) in [5.41, 5.74) is 1.19. The van der Waals surface area contributed by atoms with E-state index in [0.29, 0.717) is 12.5 Å². The molecule has 166 valence electrons. The quantitative estimate of drug-likeness (QED) is 0.200. The normalized spacial score (nSPS) is 14.9. The maximum atomic E-state index is 5.85. The zero-order chi connectivity index (χ0) is 20.0. The van der Waals surface area contributed by atoms with Gasteiger partial charge in [0, 0.05) is 45.9 Å². The van der Waals surface area contributed by atoms with Crippen molar-refractivity contribution in [3.05, 3.63) is 60.1 Å². The summed E-state index contributed by atoms with van der Waals surface area (Å²) in [7, 11) is 0. The van der Waals surface area contributed by atoms with E-state index in [9.17, 15) is 0 Å². The van der Waals surface area contributed by atoms with Crippen molar-refractivity contribution >= 4 is 29.9 Å². The molecule has 1 saturated heterocycles. The first-order chi connectivity index (χ1) is 14.4. The Balaban J connectivity index is 0.00000320. The van der Waals surface area contributed by atoms with Gasteiger partial charge in [-0.25, -0.2) is 4.99 Å². The number of rotatable bonds is 11. The highest BCUT2D eigenvalue weighted by molar-refractivity contribution is 14.0. The molecule has 0 saturated carbocycles. The second-order valence-corrected chi connectivity index (χ2v) is 7.32. The van der Waals surface area contributed by atoms with Crippen LogP contribution in [0.5, 0.6) is 0 Å². The minimum atomic E-state index is 0. The summed E-state index contributed by atoms with van der Waals surface area (Å²) in [6.45, 7) is 5.62. The number of guanidine groups is 1. The number of ether oxygens (including phenoxy) is 2. The van der Waals surface area contributed by atoms with E-state index in [-0.39, 0.29) is 24.0 Å². The van der Waals surface area contributed by atoms with Crippen molar-refractivity contribution in [2.45, 2.75) is 32.2 Å². The van der Waals surface area contributed by atoms with Gasteiger partial charge in [-0.15, -0.1) is 24.0 Å². The van der Waals surface area contributed by atoms with E-state index in [1.165, 1.54) is 5.56 Å². The number of nitrogens with one attached hydrogen (secondary N) is 2. The molecule has 3 rings (SSSR count). The average Bonchev–Trinajstić information content (AvgIpc) is 3.29. The van der Waals surface area contributed by atoms with Gasteiger partial charge in [-0.2, -0.15) is 0 Å². The molecule has 0 spiro atoms. The van der Waals surface area contributed by atoms with Crippen LogP contribution >= 0.6 is 24.0 Å². The molecule has 0 unspecified atom stereocenters. The highest BCUT2D eigenvalue weighted by Gasteiger charge is 2.13. The lowest BCUT2D eigenvalue weighted by molar-refractivity contribution is 0.0203. The second-order valence-electron chi connectivity index (χ2n) is 7.32. The van der Waals surface area contributed by atoms with Crippen LogP contribution in [0, 0.1) is 5.92 Å². The van der Waals surface area contributed by atoms with Crippen molar-refractivity contribution in [1.29, 1.82) is 0 Å². The molecule has 0 atom stereocenters. The standard InChI is InChI=1S/C23H33N3O3.HI/c1-2-6-20(7-3-1)18-26-23(25-13-9-22-8-4-15-29-22)24-12-5-14-28-19-21-10-16-27-17-11-21;/h1-4,6-8,15,21H,5,9-14,16-19H2,(H2,24,25,26);1H. The van der Waals surface area contributed by atoms with E-state index in [0.717, 1.165) is 76.9 Å². The third-order valence-electron chi connectivity index (χ3n) is 4.96. The van der Waals surface area contributed by atoms with Crippen LogP contribution in [0.3, 0.4) is 0 Å². The Morgan fingerprint density at radius 2 is 1.83 bits per heavy atom. The average molecular weight is 527 g/mol. The molecule has 7 heteroatoms. The van der Waals surface area contributed by atoms with Gasteiger partial charge in [0.25, 0.3) is 0 Å². The van der Waals surface area contributed by atoms with Crippen LogP contribution in [-0.4, -0.2) is 45.5 Å². The molecule has 1 aliphatic rings. The first-order valence-electron chi connectivity index (χ1n) is 10.6. The van der Waals surface area contributed by atoms with Gasteiger partial charge in [-0.3, -0.25) is 0 Å². The van der Waals surface area contributed by atoms with Crippen LogP contribution in [-0.2, 0) is 22.4 Å². The number of hydrogen-bond acceptors (Lipinski definition) is 4. The van der Waals surface area contributed by atoms with Crippen LogP contribution in [0.15, 0.2) is 58.1 Å². The molecular weight excluding hydrogens is 493 g/mol. The Labute approximate surface area is 196 Å². The van der Waals surface area contributed by atoms with E-state index >= 15 is 0 Å². The van der Waals surface area contributed by atoms with Crippen molar-refractivity contribution < 1.29 is 13.9 Å². The van der Waals surface area contributed by atoms with E-state index in [2.05, 4.69) is 22.8 Å². The van der Waals surface area contributed by atoms with Gasteiger partial charge in [0.05, 0.1) is 12.8 Å². The lowest BCUT2D eigenvalue weighted by Gasteiger charge is -2.21. The number of hydrogen-bond donors (Lipinski definition) is 2. The summed E-state index contributed by atoms with van der Waals surface area (Å²) in [6, 6.07) is 14.2. The topological polar surface area (TPSA) is 68.0 Å². The molecule has 0 bridgehead atoms. The fourth-order valence-electron chi connectivity index (χ4n) is 3.23. The van der Waals surface area contributed by atoms with Crippen molar-refractivity contribution in [2.75, 3.05) is 39.5 Å². The lowest BCUT2D eigenvalue weighted by atomic mass is 10.0. The van der Waals surface area contributed by atoms with Crippen LogP contribution in [0.4, 0.5) is 0 Å². The fourth-order valence-corrected chi connectivity index (χ4v) is 3.23.